The van der Waals surface area contributed by atoms with Gasteiger partial charge >= 0.3 is 0 Å². The fourth-order valence-electron chi connectivity index (χ4n) is 5.81. The van der Waals surface area contributed by atoms with Gasteiger partial charge in [-0.2, -0.15) is 0 Å². The summed E-state index contributed by atoms with van der Waals surface area (Å²) in [4.78, 5) is 17.8. The molecule has 4 unspecified atom stereocenters. The number of hydrogen-bond donors (Lipinski definition) is 1. The number of rotatable bonds is 4. The van der Waals surface area contributed by atoms with Gasteiger partial charge in [0.15, 0.2) is 0 Å². The van der Waals surface area contributed by atoms with Gasteiger partial charge in [0, 0.05) is 56.0 Å². The summed E-state index contributed by atoms with van der Waals surface area (Å²) >= 11 is 0. The van der Waals surface area contributed by atoms with E-state index in [0.717, 1.165) is 11.6 Å². The molecule has 2 aromatic carbocycles. The molecule has 0 saturated carbocycles. The van der Waals surface area contributed by atoms with Crippen LogP contribution in [0.25, 0.3) is 0 Å². The molecule has 7 heteroatoms. The zero-order valence-electron chi connectivity index (χ0n) is 20.2. The number of amides is 1. The van der Waals surface area contributed by atoms with Crippen LogP contribution in [0.5, 0.6) is 0 Å². The summed E-state index contributed by atoms with van der Waals surface area (Å²) in [5, 5.41) is 11.6. The summed E-state index contributed by atoms with van der Waals surface area (Å²) in [6.45, 7) is 10.1. The van der Waals surface area contributed by atoms with E-state index in [1.807, 2.05) is 49.1 Å². The number of benzene rings is 2. The van der Waals surface area contributed by atoms with Crippen LogP contribution in [-0.4, -0.2) is 53.0 Å². The van der Waals surface area contributed by atoms with Gasteiger partial charge in [0.2, 0.25) is 5.91 Å². The maximum Gasteiger partial charge on any atom is 0.227 e. The largest absolute Gasteiger partial charge is 0.384 e. The highest BCUT2D eigenvalue weighted by atomic mass is 35.5. The SMILES string of the molecule is CC(C)N1CC(C(=O)N2CC(C)C(O)(c3ccccc3)C(C)C2)C(c2ccc(F)cc2F)C1.Cl. The maximum absolute atomic E-state index is 14.7. The van der Waals surface area contributed by atoms with Gasteiger partial charge in [-0.15, -0.1) is 12.4 Å². The maximum atomic E-state index is 14.7. The molecule has 4 rings (SSSR count). The molecule has 2 aromatic rings. The van der Waals surface area contributed by atoms with Gasteiger partial charge in [-0.05, 0) is 31.0 Å². The van der Waals surface area contributed by atoms with Gasteiger partial charge in [0.05, 0.1) is 11.5 Å². The molecule has 34 heavy (non-hydrogen) atoms. The molecular formula is C27H35ClF2N2O2. The van der Waals surface area contributed by atoms with Crippen LogP contribution in [-0.2, 0) is 10.4 Å². The van der Waals surface area contributed by atoms with Crippen molar-refractivity contribution in [1.29, 1.82) is 0 Å². The number of nitrogens with zero attached hydrogens (tertiary/aromatic N) is 2. The van der Waals surface area contributed by atoms with Crippen molar-refractivity contribution in [2.45, 2.75) is 45.3 Å². The lowest BCUT2D eigenvalue weighted by Crippen LogP contribution is -2.57. The van der Waals surface area contributed by atoms with E-state index in [2.05, 4.69) is 18.7 Å². The van der Waals surface area contributed by atoms with Gasteiger partial charge in [0.25, 0.3) is 0 Å². The molecule has 186 valence electrons. The number of carbonyl (C=O) groups excluding carboxylic acids is 1. The van der Waals surface area contributed by atoms with Crippen molar-refractivity contribution < 1.29 is 18.7 Å². The van der Waals surface area contributed by atoms with Crippen molar-refractivity contribution >= 4 is 18.3 Å². The molecule has 2 aliphatic heterocycles. The Kier molecular flexibility index (Phi) is 8.06. The summed E-state index contributed by atoms with van der Waals surface area (Å²) < 4.78 is 28.2. The average molecular weight is 493 g/mol. The minimum atomic E-state index is -1.01. The lowest BCUT2D eigenvalue weighted by atomic mass is 9.70. The van der Waals surface area contributed by atoms with Crippen LogP contribution >= 0.6 is 12.4 Å². The van der Waals surface area contributed by atoms with Crippen LogP contribution in [0.1, 0.15) is 44.7 Å². The highest BCUT2D eigenvalue weighted by Crippen LogP contribution is 2.43. The van der Waals surface area contributed by atoms with Gasteiger partial charge in [-0.3, -0.25) is 9.69 Å². The number of halogens is 3. The zero-order valence-corrected chi connectivity index (χ0v) is 21.1. The fourth-order valence-corrected chi connectivity index (χ4v) is 5.81. The minimum absolute atomic E-state index is 0. The normalized spacial score (nSPS) is 29.8. The highest BCUT2D eigenvalue weighted by molar-refractivity contribution is 5.85. The molecule has 0 spiro atoms. The predicted octanol–water partition coefficient (Wildman–Crippen LogP) is 4.81. The molecule has 2 aliphatic rings. The molecule has 0 aromatic heterocycles. The average Bonchev–Trinajstić information content (AvgIpc) is 3.22. The van der Waals surface area contributed by atoms with Gasteiger partial charge < -0.3 is 10.0 Å². The van der Waals surface area contributed by atoms with Crippen molar-refractivity contribution in [3.05, 3.63) is 71.3 Å². The van der Waals surface area contributed by atoms with Crippen molar-refractivity contribution in [3.63, 3.8) is 0 Å². The van der Waals surface area contributed by atoms with E-state index in [9.17, 15) is 18.7 Å². The standard InChI is InChI=1S/C27H34F2N2O2.ClH/c1-17(2)30-15-23(22-11-10-21(28)12-25(22)29)24(16-30)26(32)31-13-18(3)27(33,19(4)14-31)20-8-6-5-7-9-20;/h5-12,17-19,23-24,33H,13-16H2,1-4H3;1H. The molecule has 4 atom stereocenters. The number of carbonyl (C=O) groups is 1. The Hall–Kier alpha value is -2.02. The molecule has 2 fully saturated rings. The van der Waals surface area contributed by atoms with E-state index in [1.54, 1.807) is 0 Å². The second-order valence-corrected chi connectivity index (χ2v) is 10.2. The molecule has 0 radical (unpaired) electrons. The Bertz CT molecular complexity index is 991. The van der Waals surface area contributed by atoms with Crippen LogP contribution in [0.4, 0.5) is 8.78 Å². The van der Waals surface area contributed by atoms with Gasteiger partial charge in [-0.25, -0.2) is 8.78 Å². The van der Waals surface area contributed by atoms with Crippen molar-refractivity contribution in [2.75, 3.05) is 26.2 Å². The molecule has 1 N–H and O–H groups in total. The second-order valence-electron chi connectivity index (χ2n) is 10.2. The molecule has 2 saturated heterocycles. The Labute approximate surface area is 207 Å². The first-order valence-electron chi connectivity index (χ1n) is 11.9. The first-order valence-corrected chi connectivity index (χ1v) is 11.9. The first kappa shape index (κ1) is 26.6. The van der Waals surface area contributed by atoms with Crippen LogP contribution in [0, 0.1) is 29.4 Å². The quantitative estimate of drug-likeness (QED) is 0.666. The summed E-state index contributed by atoms with van der Waals surface area (Å²) in [6.07, 6.45) is 0. The molecule has 2 heterocycles. The van der Waals surface area contributed by atoms with Crippen LogP contribution in [0.15, 0.2) is 48.5 Å². The van der Waals surface area contributed by atoms with Crippen molar-refractivity contribution in [3.8, 4) is 0 Å². The van der Waals surface area contributed by atoms with Crippen LogP contribution in [0.2, 0.25) is 0 Å². The van der Waals surface area contributed by atoms with E-state index in [0.29, 0.717) is 31.7 Å². The highest BCUT2D eigenvalue weighted by Gasteiger charge is 2.49. The Morgan fingerprint density at radius 3 is 2.18 bits per heavy atom. The van der Waals surface area contributed by atoms with Crippen LogP contribution in [0.3, 0.4) is 0 Å². The topological polar surface area (TPSA) is 43.8 Å². The lowest BCUT2D eigenvalue weighted by molar-refractivity contribution is -0.152. The lowest BCUT2D eigenvalue weighted by Gasteiger charge is -2.48. The smallest absolute Gasteiger partial charge is 0.227 e. The van der Waals surface area contributed by atoms with E-state index < -0.39 is 23.2 Å². The fraction of sp³-hybridized carbons (Fsp3) is 0.519. The van der Waals surface area contributed by atoms with E-state index in [-0.39, 0.29) is 42.1 Å². The molecular weight excluding hydrogens is 458 g/mol. The van der Waals surface area contributed by atoms with E-state index in [4.69, 9.17) is 0 Å². The van der Waals surface area contributed by atoms with E-state index in [1.165, 1.54) is 12.1 Å². The van der Waals surface area contributed by atoms with Gasteiger partial charge in [-0.1, -0.05) is 50.2 Å². The second kappa shape index (κ2) is 10.3. The summed E-state index contributed by atoms with van der Waals surface area (Å²) in [5.74, 6) is -2.28. The number of aliphatic hydroxyl groups is 1. The number of piperidine rings is 1. The third-order valence-corrected chi connectivity index (χ3v) is 7.80. The van der Waals surface area contributed by atoms with Crippen LogP contribution < -0.4 is 0 Å². The summed E-state index contributed by atoms with van der Waals surface area (Å²) in [7, 11) is 0. The Balaban J connectivity index is 0.00000324. The molecule has 0 bridgehead atoms. The predicted molar refractivity (Wildman–Crippen MR) is 132 cm³/mol. The van der Waals surface area contributed by atoms with E-state index >= 15 is 0 Å². The zero-order chi connectivity index (χ0) is 23.9. The number of hydrogen-bond acceptors (Lipinski definition) is 3. The first-order chi connectivity index (χ1) is 15.6. The summed E-state index contributed by atoms with van der Waals surface area (Å²) in [6, 6.07) is 13.5. The molecule has 4 nitrogen and oxygen atoms in total. The third-order valence-electron chi connectivity index (χ3n) is 7.80. The Morgan fingerprint density at radius 2 is 1.62 bits per heavy atom. The van der Waals surface area contributed by atoms with Gasteiger partial charge in [0.1, 0.15) is 11.6 Å². The van der Waals surface area contributed by atoms with Crippen molar-refractivity contribution in [2.24, 2.45) is 17.8 Å². The number of likely N-dealkylation sites (tertiary alicyclic amines) is 2. The summed E-state index contributed by atoms with van der Waals surface area (Å²) in [5.41, 5.74) is 0.257. The van der Waals surface area contributed by atoms with Crippen molar-refractivity contribution in [1.82, 2.24) is 9.80 Å². The Morgan fingerprint density at radius 1 is 1.00 bits per heavy atom. The monoisotopic (exact) mass is 492 g/mol. The molecule has 1 amide bonds. The minimum Gasteiger partial charge on any atom is -0.384 e. The molecule has 0 aliphatic carbocycles. The third kappa shape index (κ3) is 4.73.